The van der Waals surface area contributed by atoms with Crippen LogP contribution in [0.4, 0.5) is 0 Å². The van der Waals surface area contributed by atoms with Crippen LogP contribution in [-0.2, 0) is 17.8 Å². The molecule has 110 valence electrons. The first-order valence-electron chi connectivity index (χ1n) is 7.38. The summed E-state index contributed by atoms with van der Waals surface area (Å²) in [6, 6.07) is 8.37. The zero-order valence-electron chi connectivity index (χ0n) is 12.1. The maximum absolute atomic E-state index is 11.8. The molecule has 20 heavy (non-hydrogen) atoms. The van der Waals surface area contributed by atoms with Gasteiger partial charge in [-0.15, -0.1) is 0 Å². The van der Waals surface area contributed by atoms with Gasteiger partial charge in [-0.1, -0.05) is 24.3 Å². The van der Waals surface area contributed by atoms with Crippen LogP contribution in [0, 0.1) is 0 Å². The van der Waals surface area contributed by atoms with E-state index in [4.69, 9.17) is 5.11 Å². The van der Waals surface area contributed by atoms with Crippen LogP contribution in [0.15, 0.2) is 24.3 Å². The molecule has 0 bridgehead atoms. The zero-order valence-corrected chi connectivity index (χ0v) is 12.1. The van der Waals surface area contributed by atoms with Gasteiger partial charge in [0.05, 0.1) is 13.2 Å². The van der Waals surface area contributed by atoms with Crippen LogP contribution >= 0.6 is 0 Å². The fourth-order valence-electron chi connectivity index (χ4n) is 2.63. The minimum absolute atomic E-state index is 0.0744. The molecule has 1 heterocycles. The lowest BCUT2D eigenvalue weighted by molar-refractivity contribution is -0.122. The standard InChI is InChI=1S/C16H24N2O2/c1-13-3-2-10-18(13)11-16(20)17-9-8-14-4-6-15(12-19)7-5-14/h4-7,13,19H,2-3,8-12H2,1H3,(H,17,20). The number of benzene rings is 1. The summed E-state index contributed by atoms with van der Waals surface area (Å²) >= 11 is 0. The number of hydrogen-bond acceptors (Lipinski definition) is 3. The second kappa shape index (κ2) is 7.41. The van der Waals surface area contributed by atoms with Crippen molar-refractivity contribution < 1.29 is 9.90 Å². The first-order chi connectivity index (χ1) is 9.69. The molecule has 2 N–H and O–H groups in total. The number of likely N-dealkylation sites (tertiary alicyclic amines) is 1. The molecule has 1 aliphatic rings. The summed E-state index contributed by atoms with van der Waals surface area (Å²) in [4.78, 5) is 14.1. The van der Waals surface area contributed by atoms with Gasteiger partial charge in [0.1, 0.15) is 0 Å². The fraction of sp³-hybridized carbons (Fsp3) is 0.562. The van der Waals surface area contributed by atoms with Crippen molar-refractivity contribution in [2.45, 2.75) is 38.8 Å². The molecule has 0 radical (unpaired) electrons. The number of carbonyl (C=O) groups is 1. The molecule has 4 nitrogen and oxygen atoms in total. The Bertz CT molecular complexity index is 431. The largest absolute Gasteiger partial charge is 0.392 e. The summed E-state index contributed by atoms with van der Waals surface area (Å²) in [5.41, 5.74) is 2.10. The lowest BCUT2D eigenvalue weighted by atomic mass is 10.1. The number of carbonyl (C=O) groups excluding carboxylic acids is 1. The normalized spacial score (nSPS) is 19.2. The van der Waals surface area contributed by atoms with Crippen molar-refractivity contribution in [3.63, 3.8) is 0 Å². The van der Waals surface area contributed by atoms with E-state index < -0.39 is 0 Å². The molecule has 1 unspecified atom stereocenters. The lowest BCUT2D eigenvalue weighted by Gasteiger charge is -2.20. The molecule has 1 fully saturated rings. The molecule has 0 aromatic heterocycles. The zero-order chi connectivity index (χ0) is 14.4. The summed E-state index contributed by atoms with van der Waals surface area (Å²) in [7, 11) is 0. The van der Waals surface area contributed by atoms with Crippen LogP contribution in [0.5, 0.6) is 0 Å². The Hall–Kier alpha value is -1.39. The van der Waals surface area contributed by atoms with Crippen molar-refractivity contribution in [3.05, 3.63) is 35.4 Å². The first-order valence-corrected chi connectivity index (χ1v) is 7.38. The second-order valence-electron chi connectivity index (χ2n) is 5.54. The number of aliphatic hydroxyl groups is 1. The molecule has 1 atom stereocenters. The maximum Gasteiger partial charge on any atom is 0.234 e. The van der Waals surface area contributed by atoms with Gasteiger partial charge >= 0.3 is 0 Å². The third kappa shape index (κ3) is 4.32. The lowest BCUT2D eigenvalue weighted by Crippen LogP contribution is -2.39. The van der Waals surface area contributed by atoms with Crippen molar-refractivity contribution in [1.29, 1.82) is 0 Å². The topological polar surface area (TPSA) is 52.6 Å². The van der Waals surface area contributed by atoms with Crippen LogP contribution in [-0.4, -0.2) is 41.6 Å². The van der Waals surface area contributed by atoms with E-state index in [1.165, 1.54) is 18.4 Å². The van der Waals surface area contributed by atoms with E-state index in [0.29, 0.717) is 19.1 Å². The van der Waals surface area contributed by atoms with Gasteiger partial charge in [0, 0.05) is 12.6 Å². The quantitative estimate of drug-likeness (QED) is 0.824. The van der Waals surface area contributed by atoms with Crippen LogP contribution in [0.1, 0.15) is 30.9 Å². The molecule has 1 aliphatic heterocycles. The molecule has 0 aliphatic carbocycles. The average molecular weight is 276 g/mol. The van der Waals surface area contributed by atoms with Crippen LogP contribution in [0.2, 0.25) is 0 Å². The van der Waals surface area contributed by atoms with Crippen molar-refractivity contribution >= 4 is 5.91 Å². The Kier molecular flexibility index (Phi) is 5.56. The Morgan fingerprint density at radius 1 is 1.35 bits per heavy atom. The average Bonchev–Trinajstić information content (AvgIpc) is 2.85. The fourth-order valence-corrected chi connectivity index (χ4v) is 2.63. The van der Waals surface area contributed by atoms with Crippen LogP contribution in [0.3, 0.4) is 0 Å². The Morgan fingerprint density at radius 3 is 2.65 bits per heavy atom. The number of rotatable bonds is 6. The Morgan fingerprint density at radius 2 is 2.05 bits per heavy atom. The first kappa shape index (κ1) is 15.0. The number of aliphatic hydroxyl groups excluding tert-OH is 1. The highest BCUT2D eigenvalue weighted by molar-refractivity contribution is 5.78. The van der Waals surface area contributed by atoms with E-state index in [1.54, 1.807) is 0 Å². The van der Waals surface area contributed by atoms with E-state index in [0.717, 1.165) is 18.5 Å². The summed E-state index contributed by atoms with van der Waals surface area (Å²) < 4.78 is 0. The minimum Gasteiger partial charge on any atom is -0.392 e. The number of nitrogens with zero attached hydrogens (tertiary/aromatic N) is 1. The predicted octanol–water partition coefficient (Wildman–Crippen LogP) is 1.32. The predicted molar refractivity (Wildman–Crippen MR) is 79.3 cm³/mol. The number of amides is 1. The van der Waals surface area contributed by atoms with Gasteiger partial charge < -0.3 is 10.4 Å². The van der Waals surface area contributed by atoms with Crippen molar-refractivity contribution in [1.82, 2.24) is 10.2 Å². The second-order valence-corrected chi connectivity index (χ2v) is 5.54. The molecule has 1 amide bonds. The smallest absolute Gasteiger partial charge is 0.234 e. The van der Waals surface area contributed by atoms with E-state index >= 15 is 0 Å². The highest BCUT2D eigenvalue weighted by atomic mass is 16.3. The molecular formula is C16H24N2O2. The van der Waals surface area contributed by atoms with E-state index in [-0.39, 0.29) is 12.5 Å². The molecule has 0 saturated carbocycles. The summed E-state index contributed by atoms with van der Waals surface area (Å²) in [6.07, 6.45) is 3.23. The van der Waals surface area contributed by atoms with Gasteiger partial charge in [-0.3, -0.25) is 9.69 Å². The molecule has 1 aromatic carbocycles. The highest BCUT2D eigenvalue weighted by Crippen LogP contribution is 2.15. The molecular weight excluding hydrogens is 252 g/mol. The molecule has 1 saturated heterocycles. The van der Waals surface area contributed by atoms with E-state index in [9.17, 15) is 4.79 Å². The summed E-state index contributed by atoms with van der Waals surface area (Å²) in [5.74, 6) is 0.116. The molecule has 2 rings (SSSR count). The third-order valence-electron chi connectivity index (χ3n) is 3.98. The highest BCUT2D eigenvalue weighted by Gasteiger charge is 2.21. The van der Waals surface area contributed by atoms with Gasteiger partial charge in [-0.25, -0.2) is 0 Å². The van der Waals surface area contributed by atoms with Gasteiger partial charge in [-0.05, 0) is 43.9 Å². The maximum atomic E-state index is 11.8. The van der Waals surface area contributed by atoms with Gasteiger partial charge in [0.2, 0.25) is 5.91 Å². The van der Waals surface area contributed by atoms with Gasteiger partial charge in [0.15, 0.2) is 0 Å². The van der Waals surface area contributed by atoms with E-state index in [1.807, 2.05) is 24.3 Å². The Labute approximate surface area is 120 Å². The van der Waals surface area contributed by atoms with Crippen molar-refractivity contribution in [2.24, 2.45) is 0 Å². The monoisotopic (exact) mass is 276 g/mol. The molecule has 1 aromatic rings. The Balaban J connectivity index is 1.68. The number of nitrogens with one attached hydrogen (secondary N) is 1. The summed E-state index contributed by atoms with van der Waals surface area (Å²) in [6.45, 7) is 4.48. The SMILES string of the molecule is CC1CCCN1CC(=O)NCCc1ccc(CO)cc1. The minimum atomic E-state index is 0.0744. The van der Waals surface area contributed by atoms with E-state index in [2.05, 4.69) is 17.1 Å². The molecule has 0 spiro atoms. The number of hydrogen-bond donors (Lipinski definition) is 2. The van der Waals surface area contributed by atoms with Gasteiger partial charge in [-0.2, -0.15) is 0 Å². The van der Waals surface area contributed by atoms with Crippen LogP contribution in [0.25, 0.3) is 0 Å². The van der Waals surface area contributed by atoms with Crippen molar-refractivity contribution in [2.75, 3.05) is 19.6 Å². The third-order valence-corrected chi connectivity index (χ3v) is 3.98. The van der Waals surface area contributed by atoms with Crippen LogP contribution < -0.4 is 5.32 Å². The van der Waals surface area contributed by atoms with Gasteiger partial charge in [0.25, 0.3) is 0 Å². The van der Waals surface area contributed by atoms with Crippen molar-refractivity contribution in [3.8, 4) is 0 Å². The summed E-state index contributed by atoms with van der Waals surface area (Å²) in [5, 5.41) is 12.0. The molecule has 4 heteroatoms.